The van der Waals surface area contributed by atoms with Gasteiger partial charge in [-0.05, 0) is 36.8 Å². The summed E-state index contributed by atoms with van der Waals surface area (Å²) in [6.07, 6.45) is 3.38. The first-order valence-electron chi connectivity index (χ1n) is 7.16. The molecule has 3 rings (SSSR count). The molecule has 5 heteroatoms. The lowest BCUT2D eigenvalue weighted by molar-refractivity contribution is 0.504. The first-order valence-corrected chi connectivity index (χ1v) is 7.16. The highest BCUT2D eigenvalue weighted by atomic mass is 19.1. The number of hydrogen-bond acceptors (Lipinski definition) is 3. The number of halogens is 1. The molecule has 1 aromatic carbocycles. The number of aromatic nitrogens is 3. The number of nitrogens with zero attached hydrogens (tertiary/aromatic N) is 3. The smallest absolute Gasteiger partial charge is 0.142 e. The van der Waals surface area contributed by atoms with Crippen LogP contribution in [0.1, 0.15) is 17.0 Å². The molecule has 1 N–H and O–H groups in total. The number of hydrogen-bond donors (Lipinski definition) is 1. The summed E-state index contributed by atoms with van der Waals surface area (Å²) < 4.78 is 15.3. The second kappa shape index (κ2) is 6.04. The van der Waals surface area contributed by atoms with Gasteiger partial charge in [-0.1, -0.05) is 18.7 Å². The van der Waals surface area contributed by atoms with Gasteiger partial charge in [-0.3, -0.25) is 4.98 Å². The Balaban J connectivity index is 2.14. The number of aryl methyl sites for hydroxylation is 1. The number of rotatable bonds is 4. The highest BCUT2D eigenvalue weighted by Gasteiger charge is 2.18. The van der Waals surface area contributed by atoms with Crippen molar-refractivity contribution in [3.8, 4) is 11.4 Å². The van der Waals surface area contributed by atoms with E-state index in [-0.39, 0.29) is 11.6 Å². The van der Waals surface area contributed by atoms with E-state index in [0.717, 1.165) is 11.1 Å². The lowest BCUT2D eigenvalue weighted by Crippen LogP contribution is -2.07. The molecule has 116 valence electrons. The van der Waals surface area contributed by atoms with Crippen LogP contribution in [0.5, 0.6) is 0 Å². The molecule has 23 heavy (non-hydrogen) atoms. The molecule has 3 aromatic rings. The Hall–Kier alpha value is -2.95. The molecule has 0 aliphatic carbocycles. The molecule has 2 heterocycles. The molecular formula is C18H16FN3O. The molecular weight excluding hydrogens is 293 g/mol. The minimum atomic E-state index is -0.299. The summed E-state index contributed by atoms with van der Waals surface area (Å²) in [5.41, 5.74) is 2.79. The molecule has 0 saturated heterocycles. The summed E-state index contributed by atoms with van der Waals surface area (Å²) in [7, 11) is 0. The molecule has 0 bridgehead atoms. The molecule has 0 radical (unpaired) electrons. The maximum atomic E-state index is 13.5. The molecule has 0 aliphatic heterocycles. The average Bonchev–Trinajstić information content (AvgIpc) is 2.84. The highest BCUT2D eigenvalue weighted by Crippen LogP contribution is 2.26. The van der Waals surface area contributed by atoms with Gasteiger partial charge < -0.3 is 9.67 Å². The van der Waals surface area contributed by atoms with Crippen molar-refractivity contribution in [2.75, 3.05) is 0 Å². The Morgan fingerprint density at radius 2 is 2.13 bits per heavy atom. The van der Waals surface area contributed by atoms with Crippen LogP contribution in [0.25, 0.3) is 17.1 Å². The lowest BCUT2D eigenvalue weighted by Gasteiger charge is -2.12. The summed E-state index contributed by atoms with van der Waals surface area (Å²) in [4.78, 5) is 8.64. The Bertz CT molecular complexity index is 856. The van der Waals surface area contributed by atoms with E-state index >= 15 is 0 Å². The van der Waals surface area contributed by atoms with Crippen LogP contribution in [0, 0.1) is 12.7 Å². The minimum absolute atomic E-state index is 0.0680. The van der Waals surface area contributed by atoms with Gasteiger partial charge in [0.2, 0.25) is 0 Å². The molecule has 4 nitrogen and oxygen atoms in total. The monoisotopic (exact) mass is 309 g/mol. The van der Waals surface area contributed by atoms with Crippen LogP contribution < -0.4 is 0 Å². The molecule has 0 unspecified atom stereocenters. The highest BCUT2D eigenvalue weighted by molar-refractivity contribution is 5.63. The third-order valence-electron chi connectivity index (χ3n) is 3.56. The SMILES string of the molecule is C=C(O)c1c(C)nc(-c2cccnc2)n1Cc1cccc(F)c1. The van der Waals surface area contributed by atoms with Crippen LogP contribution in [0.15, 0.2) is 55.4 Å². The van der Waals surface area contributed by atoms with Gasteiger partial charge in [0.25, 0.3) is 0 Å². The topological polar surface area (TPSA) is 50.9 Å². The fourth-order valence-electron chi connectivity index (χ4n) is 2.63. The second-order valence-corrected chi connectivity index (χ2v) is 5.27. The van der Waals surface area contributed by atoms with Crippen molar-refractivity contribution in [2.24, 2.45) is 0 Å². The summed E-state index contributed by atoms with van der Waals surface area (Å²) in [5.74, 6) is 0.290. The van der Waals surface area contributed by atoms with E-state index in [1.807, 2.05) is 22.8 Å². The first-order chi connectivity index (χ1) is 11.1. The van der Waals surface area contributed by atoms with Crippen molar-refractivity contribution >= 4 is 5.76 Å². The van der Waals surface area contributed by atoms with Crippen LogP contribution in [-0.4, -0.2) is 19.6 Å². The molecule has 0 atom stereocenters. The summed E-state index contributed by atoms with van der Waals surface area (Å²) in [6.45, 7) is 5.80. The molecule has 0 saturated carbocycles. The van der Waals surface area contributed by atoms with Gasteiger partial charge in [0.1, 0.15) is 23.1 Å². The van der Waals surface area contributed by atoms with Gasteiger partial charge >= 0.3 is 0 Å². The molecule has 2 aromatic heterocycles. The summed E-state index contributed by atoms with van der Waals surface area (Å²) in [6, 6.07) is 10.1. The fourth-order valence-corrected chi connectivity index (χ4v) is 2.63. The largest absolute Gasteiger partial charge is 0.506 e. The van der Waals surface area contributed by atoms with E-state index in [1.54, 1.807) is 25.4 Å². The third kappa shape index (κ3) is 2.99. The number of aliphatic hydroxyl groups excluding tert-OH is 1. The minimum Gasteiger partial charge on any atom is -0.506 e. The van der Waals surface area contributed by atoms with Crippen molar-refractivity contribution in [2.45, 2.75) is 13.5 Å². The van der Waals surface area contributed by atoms with Crippen molar-refractivity contribution in [1.29, 1.82) is 0 Å². The van der Waals surface area contributed by atoms with Gasteiger partial charge in [-0.25, -0.2) is 9.37 Å². The Morgan fingerprint density at radius 1 is 1.30 bits per heavy atom. The van der Waals surface area contributed by atoms with E-state index in [4.69, 9.17) is 0 Å². The normalized spacial score (nSPS) is 10.7. The quantitative estimate of drug-likeness (QED) is 0.742. The fraction of sp³-hybridized carbons (Fsp3) is 0.111. The summed E-state index contributed by atoms with van der Waals surface area (Å²) >= 11 is 0. The Labute approximate surface area is 133 Å². The lowest BCUT2D eigenvalue weighted by atomic mass is 10.2. The van der Waals surface area contributed by atoms with Gasteiger partial charge in [-0.15, -0.1) is 0 Å². The molecule has 0 fully saturated rings. The molecule has 0 aliphatic rings. The average molecular weight is 309 g/mol. The van der Waals surface area contributed by atoms with Crippen LogP contribution in [0.3, 0.4) is 0 Å². The van der Waals surface area contributed by atoms with Crippen LogP contribution in [-0.2, 0) is 6.54 Å². The van der Waals surface area contributed by atoms with Crippen LogP contribution in [0.2, 0.25) is 0 Å². The standard InChI is InChI=1S/C18H16FN3O/c1-12-17(13(2)23)22(11-14-5-3-7-16(19)9-14)18(21-12)15-6-4-8-20-10-15/h3-10,23H,2,11H2,1H3. The van der Waals surface area contributed by atoms with Crippen LogP contribution in [0.4, 0.5) is 4.39 Å². The predicted molar refractivity (Wildman–Crippen MR) is 87.4 cm³/mol. The Kier molecular flexibility index (Phi) is 3.93. The zero-order chi connectivity index (χ0) is 16.4. The molecule has 0 spiro atoms. The second-order valence-electron chi connectivity index (χ2n) is 5.27. The van der Waals surface area contributed by atoms with Gasteiger partial charge in [0.15, 0.2) is 0 Å². The number of aliphatic hydroxyl groups is 1. The van der Waals surface area contributed by atoms with E-state index in [2.05, 4.69) is 16.5 Å². The number of imidazole rings is 1. The maximum Gasteiger partial charge on any atom is 0.142 e. The van der Waals surface area contributed by atoms with E-state index in [1.165, 1.54) is 12.1 Å². The molecule has 0 amide bonds. The zero-order valence-corrected chi connectivity index (χ0v) is 12.7. The van der Waals surface area contributed by atoms with Gasteiger partial charge in [0.05, 0.1) is 5.69 Å². The first kappa shape index (κ1) is 15.0. The Morgan fingerprint density at radius 3 is 2.78 bits per heavy atom. The van der Waals surface area contributed by atoms with E-state index in [0.29, 0.717) is 23.8 Å². The van der Waals surface area contributed by atoms with Gasteiger partial charge in [-0.2, -0.15) is 0 Å². The third-order valence-corrected chi connectivity index (χ3v) is 3.56. The van der Waals surface area contributed by atoms with E-state index < -0.39 is 0 Å². The zero-order valence-electron chi connectivity index (χ0n) is 12.7. The van der Waals surface area contributed by atoms with Crippen molar-refractivity contribution < 1.29 is 9.50 Å². The van der Waals surface area contributed by atoms with Crippen molar-refractivity contribution in [3.05, 3.63) is 78.1 Å². The predicted octanol–water partition coefficient (Wildman–Crippen LogP) is 3.97. The number of pyridine rings is 1. The van der Waals surface area contributed by atoms with Crippen LogP contribution >= 0.6 is 0 Å². The van der Waals surface area contributed by atoms with Gasteiger partial charge in [0, 0.05) is 24.5 Å². The van der Waals surface area contributed by atoms with Crippen molar-refractivity contribution in [1.82, 2.24) is 14.5 Å². The van der Waals surface area contributed by atoms with Crippen molar-refractivity contribution in [3.63, 3.8) is 0 Å². The van der Waals surface area contributed by atoms with E-state index in [9.17, 15) is 9.50 Å². The maximum absolute atomic E-state index is 13.5. The summed E-state index contributed by atoms with van der Waals surface area (Å²) in [5, 5.41) is 9.93. The number of benzene rings is 1.